The number of hydrogen-bond acceptors (Lipinski definition) is 5. The third kappa shape index (κ3) is 3.33. The molecule has 1 amide bonds. The monoisotopic (exact) mass is 373 g/mol. The minimum Gasteiger partial charge on any atom is -0.436 e. The number of nitrogens with one attached hydrogen (secondary N) is 1. The molecule has 0 unspecified atom stereocenters. The fourth-order valence-electron chi connectivity index (χ4n) is 2.90. The Morgan fingerprint density at radius 1 is 1.07 bits per heavy atom. The summed E-state index contributed by atoms with van der Waals surface area (Å²) in [6.07, 6.45) is 0. The van der Waals surface area contributed by atoms with Crippen molar-refractivity contribution in [3.05, 3.63) is 88.0 Å². The molecule has 138 valence electrons. The molecule has 3 aromatic carbocycles. The van der Waals surface area contributed by atoms with Gasteiger partial charge in [0, 0.05) is 17.7 Å². The number of carbonyl (C=O) groups is 1. The summed E-state index contributed by atoms with van der Waals surface area (Å²) in [7, 11) is 0. The molecule has 1 heterocycles. The Hall–Kier alpha value is -4.00. The zero-order valence-corrected chi connectivity index (χ0v) is 14.9. The zero-order chi connectivity index (χ0) is 19.7. The first-order valence-corrected chi connectivity index (χ1v) is 8.54. The summed E-state index contributed by atoms with van der Waals surface area (Å²) in [5.74, 6) is 0.0264. The van der Waals surface area contributed by atoms with Gasteiger partial charge in [-0.25, -0.2) is 4.98 Å². The van der Waals surface area contributed by atoms with Crippen molar-refractivity contribution in [1.29, 1.82) is 0 Å². The molecule has 0 atom stereocenters. The second-order valence-electron chi connectivity index (χ2n) is 6.30. The molecule has 0 aliphatic rings. The van der Waals surface area contributed by atoms with Crippen molar-refractivity contribution >= 4 is 28.4 Å². The molecule has 0 saturated carbocycles. The third-order valence-electron chi connectivity index (χ3n) is 4.27. The van der Waals surface area contributed by atoms with Crippen LogP contribution in [0.3, 0.4) is 0 Å². The summed E-state index contributed by atoms with van der Waals surface area (Å²) < 4.78 is 5.75. The number of aromatic nitrogens is 1. The van der Waals surface area contributed by atoms with Crippen molar-refractivity contribution in [3.8, 4) is 11.5 Å². The molecule has 7 nitrogen and oxygen atoms in total. The second kappa shape index (κ2) is 6.96. The van der Waals surface area contributed by atoms with Crippen molar-refractivity contribution in [2.45, 2.75) is 6.92 Å². The topological polar surface area (TPSA) is 98.3 Å². The van der Waals surface area contributed by atoms with Crippen LogP contribution in [0.25, 0.3) is 22.6 Å². The number of benzene rings is 3. The Morgan fingerprint density at radius 3 is 2.68 bits per heavy atom. The molecule has 0 aliphatic carbocycles. The minimum atomic E-state index is -0.482. The van der Waals surface area contributed by atoms with E-state index in [1.165, 1.54) is 18.2 Å². The standard InChI is InChI=1S/C21H15N3O4/c1-13-5-4-6-14(11-13)20(25)22-17-8-3-2-7-16(17)21-23-18-12-15(24(26)27)9-10-19(18)28-21/h2-12H,1H3,(H,22,25). The molecule has 0 bridgehead atoms. The van der Waals surface area contributed by atoms with Gasteiger partial charge in [0.15, 0.2) is 5.58 Å². The van der Waals surface area contributed by atoms with Crippen molar-refractivity contribution in [1.82, 2.24) is 4.98 Å². The highest BCUT2D eigenvalue weighted by molar-refractivity contribution is 6.06. The first-order valence-electron chi connectivity index (χ1n) is 8.54. The summed E-state index contributed by atoms with van der Waals surface area (Å²) in [6, 6.07) is 18.6. The maximum absolute atomic E-state index is 12.6. The van der Waals surface area contributed by atoms with Crippen LogP contribution < -0.4 is 5.32 Å². The number of nitro benzene ring substituents is 1. The van der Waals surface area contributed by atoms with Crippen LogP contribution in [-0.2, 0) is 0 Å². The van der Waals surface area contributed by atoms with Crippen molar-refractivity contribution < 1.29 is 14.1 Å². The summed E-state index contributed by atoms with van der Waals surface area (Å²) >= 11 is 0. The molecule has 1 N–H and O–H groups in total. The maximum Gasteiger partial charge on any atom is 0.271 e. The van der Waals surface area contributed by atoms with Crippen molar-refractivity contribution in [2.24, 2.45) is 0 Å². The quantitative estimate of drug-likeness (QED) is 0.402. The van der Waals surface area contributed by atoms with Gasteiger partial charge >= 0.3 is 0 Å². The summed E-state index contributed by atoms with van der Waals surface area (Å²) in [5, 5.41) is 13.8. The SMILES string of the molecule is Cc1cccc(C(=O)Nc2ccccc2-c2nc3cc([N+](=O)[O-])ccc3o2)c1. The third-order valence-corrected chi connectivity index (χ3v) is 4.27. The van der Waals surface area contributed by atoms with Gasteiger partial charge in [0.25, 0.3) is 11.6 Å². The Balaban J connectivity index is 1.70. The van der Waals surface area contributed by atoms with E-state index in [0.29, 0.717) is 27.9 Å². The molecule has 0 fully saturated rings. The predicted octanol–water partition coefficient (Wildman–Crippen LogP) is 4.96. The Kier molecular flexibility index (Phi) is 4.33. The minimum absolute atomic E-state index is 0.0617. The van der Waals surface area contributed by atoms with E-state index in [9.17, 15) is 14.9 Å². The molecule has 0 aliphatic heterocycles. The highest BCUT2D eigenvalue weighted by Crippen LogP contribution is 2.31. The number of non-ortho nitro benzene ring substituents is 1. The number of carbonyl (C=O) groups excluding carboxylic acids is 1. The average Bonchev–Trinajstić information content (AvgIpc) is 3.11. The van der Waals surface area contributed by atoms with E-state index in [2.05, 4.69) is 10.3 Å². The number of hydrogen-bond donors (Lipinski definition) is 1. The van der Waals surface area contributed by atoms with Crippen LogP contribution in [-0.4, -0.2) is 15.8 Å². The number of amides is 1. The summed E-state index contributed by atoms with van der Waals surface area (Å²) in [4.78, 5) is 27.4. The predicted molar refractivity (Wildman–Crippen MR) is 105 cm³/mol. The number of aryl methyl sites for hydroxylation is 1. The molecule has 28 heavy (non-hydrogen) atoms. The number of rotatable bonds is 4. The zero-order valence-electron chi connectivity index (χ0n) is 14.9. The van der Waals surface area contributed by atoms with E-state index in [1.54, 1.807) is 36.4 Å². The molecule has 1 aromatic heterocycles. The highest BCUT2D eigenvalue weighted by Gasteiger charge is 2.16. The van der Waals surface area contributed by atoms with Gasteiger partial charge in [0.05, 0.1) is 16.2 Å². The first-order chi connectivity index (χ1) is 13.5. The maximum atomic E-state index is 12.6. The molecular weight excluding hydrogens is 358 g/mol. The lowest BCUT2D eigenvalue weighted by Gasteiger charge is -2.09. The van der Waals surface area contributed by atoms with Gasteiger partial charge in [-0.3, -0.25) is 14.9 Å². The van der Waals surface area contributed by atoms with E-state index in [-0.39, 0.29) is 17.5 Å². The first kappa shape index (κ1) is 17.4. The molecule has 4 aromatic rings. The molecule has 0 radical (unpaired) electrons. The smallest absolute Gasteiger partial charge is 0.271 e. The van der Waals surface area contributed by atoms with Gasteiger partial charge in [-0.1, -0.05) is 29.8 Å². The second-order valence-corrected chi connectivity index (χ2v) is 6.30. The number of fused-ring (bicyclic) bond motifs is 1. The van der Waals surface area contributed by atoms with Gasteiger partial charge in [0.1, 0.15) is 5.52 Å². The Morgan fingerprint density at radius 2 is 1.89 bits per heavy atom. The number of nitro groups is 1. The molecule has 0 saturated heterocycles. The summed E-state index contributed by atoms with van der Waals surface area (Å²) in [6.45, 7) is 1.92. The molecule has 0 spiro atoms. The normalized spacial score (nSPS) is 10.8. The van der Waals surface area contributed by atoms with Gasteiger partial charge < -0.3 is 9.73 Å². The number of oxazole rings is 1. The van der Waals surface area contributed by atoms with E-state index in [4.69, 9.17) is 4.42 Å². The number of nitrogens with zero attached hydrogens (tertiary/aromatic N) is 2. The van der Waals surface area contributed by atoms with Crippen LogP contribution >= 0.6 is 0 Å². The van der Waals surface area contributed by atoms with Crippen molar-refractivity contribution in [3.63, 3.8) is 0 Å². The average molecular weight is 373 g/mol. The van der Waals surface area contributed by atoms with E-state index >= 15 is 0 Å². The summed E-state index contributed by atoms with van der Waals surface area (Å²) in [5.41, 5.74) is 3.40. The van der Waals surface area contributed by atoms with E-state index < -0.39 is 4.92 Å². The lowest BCUT2D eigenvalue weighted by molar-refractivity contribution is -0.384. The van der Waals surface area contributed by atoms with Crippen molar-refractivity contribution in [2.75, 3.05) is 5.32 Å². The number of para-hydroxylation sites is 1. The van der Waals surface area contributed by atoms with E-state index in [1.807, 2.05) is 19.1 Å². The fraction of sp³-hybridized carbons (Fsp3) is 0.0476. The van der Waals surface area contributed by atoms with Gasteiger partial charge in [0.2, 0.25) is 5.89 Å². The van der Waals surface area contributed by atoms with Gasteiger partial charge in [-0.15, -0.1) is 0 Å². The van der Waals surface area contributed by atoms with Crippen LogP contribution in [0.5, 0.6) is 0 Å². The number of anilines is 1. The fourth-order valence-corrected chi connectivity index (χ4v) is 2.90. The largest absolute Gasteiger partial charge is 0.436 e. The molecule has 4 rings (SSSR count). The lowest BCUT2D eigenvalue weighted by atomic mass is 10.1. The molecule has 7 heteroatoms. The Bertz CT molecular complexity index is 1210. The van der Waals surface area contributed by atoms with Crippen LogP contribution in [0.15, 0.2) is 71.1 Å². The van der Waals surface area contributed by atoms with Crippen LogP contribution in [0, 0.1) is 17.0 Å². The van der Waals surface area contributed by atoms with Crippen LogP contribution in [0.4, 0.5) is 11.4 Å². The highest BCUT2D eigenvalue weighted by atomic mass is 16.6. The van der Waals surface area contributed by atoms with Crippen LogP contribution in [0.1, 0.15) is 15.9 Å². The van der Waals surface area contributed by atoms with Gasteiger partial charge in [-0.2, -0.15) is 0 Å². The lowest BCUT2D eigenvalue weighted by Crippen LogP contribution is -2.12. The molecular formula is C21H15N3O4. The van der Waals surface area contributed by atoms with Gasteiger partial charge in [-0.05, 0) is 37.3 Å². The van der Waals surface area contributed by atoms with E-state index in [0.717, 1.165) is 5.56 Å². The van der Waals surface area contributed by atoms with Crippen LogP contribution in [0.2, 0.25) is 0 Å². The Labute approximate surface area is 159 Å².